The van der Waals surface area contributed by atoms with Gasteiger partial charge in [-0.25, -0.2) is 4.79 Å². The highest BCUT2D eigenvalue weighted by Crippen LogP contribution is 2.32. The zero-order chi connectivity index (χ0) is 29.7. The first kappa shape index (κ1) is 32.7. The van der Waals surface area contributed by atoms with Crippen LogP contribution < -0.4 is 10.6 Å². The number of para-hydroxylation sites is 1. The van der Waals surface area contributed by atoms with Crippen LogP contribution in [0.15, 0.2) is 48.5 Å². The molecular weight excluding hydrogens is 506 g/mol. The summed E-state index contributed by atoms with van der Waals surface area (Å²) in [5, 5.41) is 16.8. The van der Waals surface area contributed by atoms with E-state index in [9.17, 15) is 19.5 Å². The molecule has 0 saturated heterocycles. The minimum Gasteiger partial charge on any atom is -0.507 e. The molecule has 2 atom stereocenters. The fraction of sp³-hybridized carbons (Fsp3) is 0.531. The fourth-order valence-corrected chi connectivity index (χ4v) is 4.43. The molecule has 0 aromatic heterocycles. The van der Waals surface area contributed by atoms with Gasteiger partial charge in [0.05, 0.1) is 0 Å². The molecule has 3 amide bonds. The van der Waals surface area contributed by atoms with Crippen LogP contribution >= 0.6 is 0 Å². The summed E-state index contributed by atoms with van der Waals surface area (Å²) in [4.78, 5) is 42.4. The Bertz CT molecular complexity index is 1100. The molecule has 0 aliphatic carbocycles. The van der Waals surface area contributed by atoms with Crippen molar-refractivity contribution in [2.45, 2.75) is 97.8 Å². The number of nitrogens with one attached hydrogen (secondary N) is 2. The number of hydrogen-bond donors (Lipinski definition) is 3. The van der Waals surface area contributed by atoms with Crippen LogP contribution in [0, 0.1) is 6.92 Å². The Morgan fingerprint density at radius 2 is 1.62 bits per heavy atom. The number of benzene rings is 2. The number of rotatable bonds is 14. The maximum atomic E-state index is 14.3. The van der Waals surface area contributed by atoms with Crippen LogP contribution in [0.25, 0.3) is 0 Å². The first-order chi connectivity index (χ1) is 19.0. The number of hydrogen-bond acceptors (Lipinski definition) is 5. The van der Waals surface area contributed by atoms with E-state index in [1.807, 2.05) is 37.3 Å². The number of amides is 3. The van der Waals surface area contributed by atoms with Crippen LogP contribution in [0.3, 0.4) is 0 Å². The van der Waals surface area contributed by atoms with E-state index in [4.69, 9.17) is 4.74 Å². The SMILES string of the molecule is CCCCCNC(=O)C(c1cccc(C)c1O)N(CCCC)C(=O)C(Cc1ccccc1)NC(=O)OC(C)(C)C. The number of unbranched alkanes of at least 4 members (excludes halogenated alkanes) is 3. The first-order valence-corrected chi connectivity index (χ1v) is 14.4. The summed E-state index contributed by atoms with van der Waals surface area (Å²) in [6, 6.07) is 12.5. The minimum absolute atomic E-state index is 0.0229. The van der Waals surface area contributed by atoms with Crippen LogP contribution in [0.5, 0.6) is 5.75 Å². The Labute approximate surface area is 239 Å². The van der Waals surface area contributed by atoms with Gasteiger partial charge in [-0.15, -0.1) is 0 Å². The van der Waals surface area contributed by atoms with Crippen molar-refractivity contribution in [1.82, 2.24) is 15.5 Å². The molecule has 40 heavy (non-hydrogen) atoms. The number of aryl methyl sites for hydroxylation is 1. The lowest BCUT2D eigenvalue weighted by Gasteiger charge is -2.35. The molecule has 2 rings (SSSR count). The third kappa shape index (κ3) is 10.2. The van der Waals surface area contributed by atoms with Crippen LogP contribution in [0.2, 0.25) is 0 Å². The Morgan fingerprint density at radius 3 is 2.25 bits per heavy atom. The topological polar surface area (TPSA) is 108 Å². The van der Waals surface area contributed by atoms with Gasteiger partial charge in [-0.1, -0.05) is 81.6 Å². The molecule has 0 fully saturated rings. The number of phenols is 1. The van der Waals surface area contributed by atoms with Crippen LogP contribution in [0.1, 0.15) is 89.5 Å². The summed E-state index contributed by atoms with van der Waals surface area (Å²) in [6.45, 7) is 11.9. The predicted molar refractivity (Wildman–Crippen MR) is 158 cm³/mol. The predicted octanol–water partition coefficient (Wildman–Crippen LogP) is 5.81. The van der Waals surface area contributed by atoms with Crippen molar-refractivity contribution >= 4 is 17.9 Å². The Balaban J connectivity index is 2.54. The second-order valence-corrected chi connectivity index (χ2v) is 11.2. The van der Waals surface area contributed by atoms with Crippen LogP contribution in [0.4, 0.5) is 4.79 Å². The summed E-state index contributed by atoms with van der Waals surface area (Å²) in [5.74, 6) is -0.805. The van der Waals surface area contributed by atoms with Gasteiger partial charge in [-0.3, -0.25) is 9.59 Å². The van der Waals surface area contributed by atoms with E-state index < -0.39 is 29.7 Å². The molecule has 0 aliphatic rings. The van der Waals surface area contributed by atoms with Gasteiger partial charge in [0.25, 0.3) is 0 Å². The number of alkyl carbamates (subject to hydrolysis) is 1. The quantitative estimate of drug-likeness (QED) is 0.256. The van der Waals surface area contributed by atoms with Crippen molar-refractivity contribution in [3.05, 3.63) is 65.2 Å². The van der Waals surface area contributed by atoms with Gasteiger partial charge in [0.1, 0.15) is 23.4 Å². The molecule has 0 heterocycles. The molecule has 3 N–H and O–H groups in total. The molecule has 0 spiro atoms. The van der Waals surface area contributed by atoms with Gasteiger partial charge in [-0.05, 0) is 51.7 Å². The minimum atomic E-state index is -1.07. The lowest BCUT2D eigenvalue weighted by atomic mass is 9.97. The zero-order valence-electron chi connectivity index (χ0n) is 25.0. The molecule has 0 bridgehead atoms. The van der Waals surface area contributed by atoms with Crippen molar-refractivity contribution < 1.29 is 24.2 Å². The lowest BCUT2D eigenvalue weighted by Crippen LogP contribution is -2.54. The van der Waals surface area contributed by atoms with Crippen molar-refractivity contribution in [3.63, 3.8) is 0 Å². The summed E-state index contributed by atoms with van der Waals surface area (Å²) in [5.41, 5.74) is 1.07. The molecule has 2 aromatic carbocycles. The van der Waals surface area contributed by atoms with Crippen LogP contribution in [-0.2, 0) is 20.7 Å². The molecule has 8 nitrogen and oxygen atoms in total. The highest BCUT2D eigenvalue weighted by molar-refractivity contribution is 5.92. The summed E-state index contributed by atoms with van der Waals surface area (Å²) in [6.07, 6.45) is 3.73. The fourth-order valence-electron chi connectivity index (χ4n) is 4.43. The number of aromatic hydroxyl groups is 1. The summed E-state index contributed by atoms with van der Waals surface area (Å²) < 4.78 is 5.48. The number of nitrogens with zero attached hydrogens (tertiary/aromatic N) is 1. The van der Waals surface area contributed by atoms with E-state index in [2.05, 4.69) is 17.6 Å². The summed E-state index contributed by atoms with van der Waals surface area (Å²) >= 11 is 0. The number of ether oxygens (including phenoxy) is 1. The monoisotopic (exact) mass is 553 g/mol. The number of phenolic OH excluding ortho intramolecular Hbond substituents is 1. The summed E-state index contributed by atoms with van der Waals surface area (Å²) in [7, 11) is 0. The molecule has 0 radical (unpaired) electrons. The van der Waals surface area contributed by atoms with E-state index >= 15 is 0 Å². The third-order valence-corrected chi connectivity index (χ3v) is 6.51. The number of carbonyl (C=O) groups is 3. The second kappa shape index (κ2) is 15.9. The van der Waals surface area contributed by atoms with Crippen molar-refractivity contribution in [2.24, 2.45) is 0 Å². The van der Waals surface area contributed by atoms with Gasteiger partial charge in [0.15, 0.2) is 0 Å². The van der Waals surface area contributed by atoms with E-state index in [1.165, 1.54) is 4.90 Å². The number of carbonyl (C=O) groups excluding carboxylic acids is 3. The van der Waals surface area contributed by atoms with E-state index in [1.54, 1.807) is 45.9 Å². The standard InChI is InChI=1S/C32H47N3O5/c1-7-9-14-20-33-29(37)27(25-19-15-16-23(3)28(25)36)35(21-10-8-2)30(38)26(22-24-17-12-11-13-18-24)34-31(39)40-32(4,5)6/h11-13,15-19,26-27,36H,7-10,14,20-22H2,1-6H3,(H,33,37)(H,34,39). The Morgan fingerprint density at radius 1 is 0.950 bits per heavy atom. The van der Waals surface area contributed by atoms with Crippen molar-refractivity contribution in [1.29, 1.82) is 0 Å². The average Bonchev–Trinajstić information content (AvgIpc) is 2.89. The average molecular weight is 554 g/mol. The maximum Gasteiger partial charge on any atom is 0.408 e. The largest absolute Gasteiger partial charge is 0.507 e. The highest BCUT2D eigenvalue weighted by atomic mass is 16.6. The molecule has 8 heteroatoms. The Hall–Kier alpha value is -3.55. The lowest BCUT2D eigenvalue weighted by molar-refractivity contribution is -0.142. The smallest absolute Gasteiger partial charge is 0.408 e. The normalized spacial score (nSPS) is 12.8. The van der Waals surface area contributed by atoms with Gasteiger partial charge in [0, 0.05) is 25.1 Å². The van der Waals surface area contributed by atoms with E-state index in [0.29, 0.717) is 24.1 Å². The van der Waals surface area contributed by atoms with Gasteiger partial charge in [0.2, 0.25) is 11.8 Å². The third-order valence-electron chi connectivity index (χ3n) is 6.51. The van der Waals surface area contributed by atoms with E-state index in [0.717, 1.165) is 31.2 Å². The van der Waals surface area contributed by atoms with E-state index in [-0.39, 0.29) is 24.6 Å². The van der Waals surface area contributed by atoms with Gasteiger partial charge >= 0.3 is 6.09 Å². The molecular formula is C32H47N3O5. The molecule has 2 unspecified atom stereocenters. The maximum absolute atomic E-state index is 14.3. The molecule has 2 aromatic rings. The highest BCUT2D eigenvalue weighted by Gasteiger charge is 2.37. The zero-order valence-corrected chi connectivity index (χ0v) is 25.0. The van der Waals surface area contributed by atoms with Gasteiger partial charge in [-0.2, -0.15) is 0 Å². The Kier molecular flexibility index (Phi) is 13.0. The second-order valence-electron chi connectivity index (χ2n) is 11.2. The molecule has 0 saturated carbocycles. The van der Waals surface area contributed by atoms with Crippen molar-refractivity contribution in [3.8, 4) is 5.75 Å². The van der Waals surface area contributed by atoms with Crippen molar-refractivity contribution in [2.75, 3.05) is 13.1 Å². The molecule has 0 aliphatic heterocycles. The van der Waals surface area contributed by atoms with Crippen LogP contribution in [-0.4, -0.2) is 52.6 Å². The van der Waals surface area contributed by atoms with Gasteiger partial charge < -0.3 is 25.4 Å². The first-order valence-electron chi connectivity index (χ1n) is 14.4. The molecule has 220 valence electrons.